The van der Waals surface area contributed by atoms with Crippen LogP contribution in [0.1, 0.15) is 5.56 Å². The number of aryl methyl sites for hydroxylation is 1. The van der Waals surface area contributed by atoms with E-state index in [0.717, 1.165) is 16.8 Å². The quantitative estimate of drug-likeness (QED) is 0.690. The fourth-order valence-corrected chi connectivity index (χ4v) is 1.86. The third-order valence-electron chi connectivity index (χ3n) is 2.78. The largest absolute Gasteiger partial charge is 0.384 e. The van der Waals surface area contributed by atoms with E-state index in [2.05, 4.69) is 10.1 Å². The molecule has 0 aliphatic heterocycles. The zero-order chi connectivity index (χ0) is 11.8. The first-order chi connectivity index (χ1) is 8.25. The molecule has 0 aliphatic carbocycles. The zero-order valence-corrected chi connectivity index (χ0v) is 9.46. The van der Waals surface area contributed by atoms with Crippen molar-refractivity contribution in [3.63, 3.8) is 0 Å². The van der Waals surface area contributed by atoms with Gasteiger partial charge in [-0.05, 0) is 24.6 Å². The van der Waals surface area contributed by atoms with E-state index in [1.165, 1.54) is 0 Å². The number of aromatic nitrogens is 3. The summed E-state index contributed by atoms with van der Waals surface area (Å²) in [5, 5.41) is 4.42. The Balaban J connectivity index is 2.26. The Morgan fingerprint density at radius 3 is 2.65 bits per heavy atom. The van der Waals surface area contributed by atoms with Crippen molar-refractivity contribution in [1.29, 1.82) is 0 Å². The summed E-state index contributed by atoms with van der Waals surface area (Å²) >= 11 is 0. The van der Waals surface area contributed by atoms with E-state index >= 15 is 0 Å². The summed E-state index contributed by atoms with van der Waals surface area (Å²) in [5.41, 5.74) is 8.81. The van der Waals surface area contributed by atoms with Crippen molar-refractivity contribution in [2.45, 2.75) is 6.92 Å². The van der Waals surface area contributed by atoms with E-state index in [-0.39, 0.29) is 0 Å². The lowest BCUT2D eigenvalue weighted by molar-refractivity contribution is 0.977. The summed E-state index contributed by atoms with van der Waals surface area (Å²) in [6.45, 7) is 2.05. The van der Waals surface area contributed by atoms with Gasteiger partial charge in [0, 0.05) is 5.56 Å². The highest BCUT2D eigenvalue weighted by atomic mass is 15.3. The molecule has 0 saturated carbocycles. The summed E-state index contributed by atoms with van der Waals surface area (Å²) in [5.74, 6) is 1.30. The number of rotatable bonds is 1. The van der Waals surface area contributed by atoms with Gasteiger partial charge in [-0.15, -0.1) is 5.10 Å². The van der Waals surface area contributed by atoms with Crippen LogP contribution in [0.4, 0.5) is 5.82 Å². The van der Waals surface area contributed by atoms with Gasteiger partial charge in [0.15, 0.2) is 11.5 Å². The molecule has 0 aliphatic rings. The van der Waals surface area contributed by atoms with Gasteiger partial charge in [0.05, 0.1) is 0 Å². The molecular weight excluding hydrogens is 212 g/mol. The Labute approximate surface area is 98.7 Å². The monoisotopic (exact) mass is 224 g/mol. The van der Waals surface area contributed by atoms with Crippen LogP contribution in [0, 0.1) is 6.92 Å². The van der Waals surface area contributed by atoms with Gasteiger partial charge in [-0.3, -0.25) is 0 Å². The molecule has 2 aromatic heterocycles. The van der Waals surface area contributed by atoms with Crippen molar-refractivity contribution < 1.29 is 0 Å². The smallest absolute Gasteiger partial charge is 0.182 e. The number of nitrogens with zero attached hydrogens (tertiary/aromatic N) is 3. The third kappa shape index (κ3) is 1.54. The number of pyridine rings is 1. The van der Waals surface area contributed by atoms with Crippen molar-refractivity contribution >= 4 is 11.5 Å². The minimum atomic E-state index is 0.592. The van der Waals surface area contributed by atoms with Gasteiger partial charge >= 0.3 is 0 Å². The number of nitrogens with two attached hydrogens (primary N) is 1. The van der Waals surface area contributed by atoms with Crippen molar-refractivity contribution in [3.05, 3.63) is 48.0 Å². The molecule has 3 aromatic rings. The molecule has 2 N–H and O–H groups in total. The van der Waals surface area contributed by atoms with Gasteiger partial charge in [-0.1, -0.05) is 30.3 Å². The summed E-state index contributed by atoms with van der Waals surface area (Å²) in [7, 11) is 0. The minimum Gasteiger partial charge on any atom is -0.384 e. The van der Waals surface area contributed by atoms with Crippen LogP contribution in [0.5, 0.6) is 0 Å². The number of fused-ring (bicyclic) bond motifs is 1. The molecule has 0 saturated heterocycles. The average molecular weight is 224 g/mol. The first-order valence-electron chi connectivity index (χ1n) is 5.43. The molecule has 4 heteroatoms. The second-order valence-corrected chi connectivity index (χ2v) is 3.97. The SMILES string of the molecule is Cc1ccccc1-c1nc2cccc(N)n2n1. The minimum absolute atomic E-state index is 0.592. The van der Waals surface area contributed by atoms with Crippen LogP contribution in [0.15, 0.2) is 42.5 Å². The van der Waals surface area contributed by atoms with Crippen LogP contribution >= 0.6 is 0 Å². The molecule has 4 nitrogen and oxygen atoms in total. The molecule has 0 fully saturated rings. The average Bonchev–Trinajstić information content (AvgIpc) is 2.75. The van der Waals surface area contributed by atoms with Crippen LogP contribution in [0.25, 0.3) is 17.0 Å². The molecule has 3 rings (SSSR count). The summed E-state index contributed by atoms with van der Waals surface area (Å²) in [6, 6.07) is 13.6. The summed E-state index contributed by atoms with van der Waals surface area (Å²) < 4.78 is 1.65. The number of hydrogen-bond acceptors (Lipinski definition) is 3. The first kappa shape index (κ1) is 9.84. The van der Waals surface area contributed by atoms with Gasteiger partial charge in [-0.25, -0.2) is 4.98 Å². The fraction of sp³-hybridized carbons (Fsp3) is 0.0769. The van der Waals surface area contributed by atoms with E-state index in [9.17, 15) is 0 Å². The zero-order valence-electron chi connectivity index (χ0n) is 9.46. The van der Waals surface area contributed by atoms with Crippen LogP contribution in [-0.2, 0) is 0 Å². The number of anilines is 1. The Kier molecular flexibility index (Phi) is 2.08. The molecule has 0 bridgehead atoms. The van der Waals surface area contributed by atoms with E-state index in [1.807, 2.05) is 49.4 Å². The second-order valence-electron chi connectivity index (χ2n) is 3.97. The maximum atomic E-state index is 5.85. The normalized spacial score (nSPS) is 10.9. The maximum Gasteiger partial charge on any atom is 0.182 e. The molecule has 17 heavy (non-hydrogen) atoms. The molecule has 84 valence electrons. The van der Waals surface area contributed by atoms with E-state index < -0.39 is 0 Å². The van der Waals surface area contributed by atoms with Gasteiger partial charge in [0.25, 0.3) is 0 Å². The van der Waals surface area contributed by atoms with Crippen LogP contribution in [-0.4, -0.2) is 14.6 Å². The standard InChI is InChI=1S/C13H12N4/c1-9-5-2-3-6-10(9)13-15-12-8-4-7-11(14)17(12)16-13/h2-8H,14H2,1H3. The number of benzene rings is 1. The Morgan fingerprint density at radius 1 is 1.06 bits per heavy atom. The van der Waals surface area contributed by atoms with Crippen molar-refractivity contribution in [3.8, 4) is 11.4 Å². The van der Waals surface area contributed by atoms with Crippen molar-refractivity contribution in [1.82, 2.24) is 14.6 Å². The first-order valence-corrected chi connectivity index (χ1v) is 5.43. The Bertz CT molecular complexity index is 685. The third-order valence-corrected chi connectivity index (χ3v) is 2.78. The van der Waals surface area contributed by atoms with Crippen molar-refractivity contribution in [2.75, 3.05) is 5.73 Å². The van der Waals surface area contributed by atoms with Crippen molar-refractivity contribution in [2.24, 2.45) is 0 Å². The Hall–Kier alpha value is -2.36. The summed E-state index contributed by atoms with van der Waals surface area (Å²) in [4.78, 5) is 4.48. The number of nitrogen functional groups attached to an aromatic ring is 1. The second kappa shape index (κ2) is 3.59. The topological polar surface area (TPSA) is 56.2 Å². The highest BCUT2D eigenvalue weighted by molar-refractivity contribution is 5.62. The van der Waals surface area contributed by atoms with E-state index in [0.29, 0.717) is 11.6 Å². The molecule has 0 amide bonds. The van der Waals surface area contributed by atoms with Crippen LogP contribution < -0.4 is 5.73 Å². The number of hydrogen-bond donors (Lipinski definition) is 1. The molecule has 0 radical (unpaired) electrons. The summed E-state index contributed by atoms with van der Waals surface area (Å²) in [6.07, 6.45) is 0. The van der Waals surface area contributed by atoms with E-state index in [4.69, 9.17) is 5.73 Å². The predicted molar refractivity (Wildman–Crippen MR) is 67.6 cm³/mol. The van der Waals surface area contributed by atoms with Gasteiger partial charge < -0.3 is 5.73 Å². The molecule has 0 unspecified atom stereocenters. The fourth-order valence-electron chi connectivity index (χ4n) is 1.86. The maximum absolute atomic E-state index is 5.85. The highest BCUT2D eigenvalue weighted by Gasteiger charge is 2.09. The van der Waals surface area contributed by atoms with Crippen LogP contribution in [0.2, 0.25) is 0 Å². The Morgan fingerprint density at radius 2 is 1.88 bits per heavy atom. The molecule has 0 atom stereocenters. The van der Waals surface area contributed by atoms with Crippen LogP contribution in [0.3, 0.4) is 0 Å². The lowest BCUT2D eigenvalue weighted by Gasteiger charge is -1.98. The molecule has 1 aromatic carbocycles. The van der Waals surface area contributed by atoms with Gasteiger partial charge in [0.2, 0.25) is 0 Å². The predicted octanol–water partition coefficient (Wildman–Crippen LogP) is 2.29. The highest BCUT2D eigenvalue weighted by Crippen LogP contribution is 2.20. The lowest BCUT2D eigenvalue weighted by Crippen LogP contribution is -1.97. The van der Waals surface area contributed by atoms with E-state index in [1.54, 1.807) is 4.52 Å². The lowest BCUT2D eigenvalue weighted by atomic mass is 10.1. The van der Waals surface area contributed by atoms with Gasteiger partial charge in [-0.2, -0.15) is 4.52 Å². The molecular formula is C13H12N4. The molecule has 0 spiro atoms. The van der Waals surface area contributed by atoms with Gasteiger partial charge in [0.1, 0.15) is 5.82 Å². The molecule has 2 heterocycles.